The molecule has 1 heteroatoms. The van der Waals surface area contributed by atoms with Crippen LogP contribution in [-0.4, -0.2) is 5.78 Å². The van der Waals surface area contributed by atoms with Crippen molar-refractivity contribution in [3.05, 3.63) is 60.8 Å². The SMILES string of the molecule is CCC(C)C=CC=CCC(C)C=CC=CC=CC(C)CCCC(C)=O. The maximum Gasteiger partial charge on any atom is 0.129 e. The van der Waals surface area contributed by atoms with Gasteiger partial charge in [-0.25, -0.2) is 0 Å². The number of hydrogen-bond donors (Lipinski definition) is 0. The number of carbonyl (C=O) groups excluding carboxylic acids is 1. The van der Waals surface area contributed by atoms with Crippen molar-refractivity contribution in [2.45, 2.75) is 66.7 Å². The van der Waals surface area contributed by atoms with Gasteiger partial charge in [-0.3, -0.25) is 0 Å². The van der Waals surface area contributed by atoms with Crippen LogP contribution in [0.2, 0.25) is 0 Å². The lowest BCUT2D eigenvalue weighted by molar-refractivity contribution is -0.117. The monoisotopic (exact) mass is 342 g/mol. The molecular weight excluding hydrogens is 304 g/mol. The zero-order chi connectivity index (χ0) is 18.9. The van der Waals surface area contributed by atoms with Crippen LogP contribution >= 0.6 is 0 Å². The van der Waals surface area contributed by atoms with E-state index in [2.05, 4.69) is 88.5 Å². The summed E-state index contributed by atoms with van der Waals surface area (Å²) >= 11 is 0. The Labute approximate surface area is 156 Å². The number of carbonyl (C=O) groups is 1. The van der Waals surface area contributed by atoms with Crippen LogP contribution in [0.4, 0.5) is 0 Å². The number of ketones is 1. The first-order valence-corrected chi connectivity index (χ1v) is 9.80. The molecule has 140 valence electrons. The van der Waals surface area contributed by atoms with Crippen molar-refractivity contribution in [2.24, 2.45) is 17.8 Å². The summed E-state index contributed by atoms with van der Waals surface area (Å²) in [6, 6.07) is 0. The largest absolute Gasteiger partial charge is 0.300 e. The third kappa shape index (κ3) is 17.0. The molecule has 0 rings (SSSR count). The third-order valence-electron chi connectivity index (χ3n) is 4.24. The zero-order valence-corrected chi connectivity index (χ0v) is 16.9. The number of hydrogen-bond acceptors (Lipinski definition) is 1. The van der Waals surface area contributed by atoms with Gasteiger partial charge >= 0.3 is 0 Å². The molecule has 3 atom stereocenters. The van der Waals surface area contributed by atoms with E-state index in [1.165, 1.54) is 6.42 Å². The molecule has 0 aliphatic heterocycles. The van der Waals surface area contributed by atoms with E-state index >= 15 is 0 Å². The second-order valence-electron chi connectivity index (χ2n) is 7.14. The minimum absolute atomic E-state index is 0.289. The van der Waals surface area contributed by atoms with Crippen molar-refractivity contribution in [3.63, 3.8) is 0 Å². The summed E-state index contributed by atoms with van der Waals surface area (Å²) in [4.78, 5) is 10.9. The standard InChI is InChI=1S/C24H38O/c1-6-21(2)15-12-9-13-18-22(3)16-10-7-8-11-17-23(4)19-14-20-24(5)25/h7-13,15-17,21-23H,6,14,18-20H2,1-5H3. The third-order valence-corrected chi connectivity index (χ3v) is 4.24. The Bertz CT molecular complexity index is 476. The van der Waals surface area contributed by atoms with Gasteiger partial charge in [0.05, 0.1) is 0 Å². The molecule has 0 aliphatic rings. The van der Waals surface area contributed by atoms with Gasteiger partial charge in [0, 0.05) is 6.42 Å². The first kappa shape index (κ1) is 23.4. The van der Waals surface area contributed by atoms with Crippen molar-refractivity contribution in [1.82, 2.24) is 0 Å². The van der Waals surface area contributed by atoms with Crippen LogP contribution < -0.4 is 0 Å². The molecule has 0 aromatic rings. The molecular formula is C24H38O. The molecule has 0 aromatic heterocycles. The lowest BCUT2D eigenvalue weighted by atomic mass is 10.0. The van der Waals surface area contributed by atoms with Crippen molar-refractivity contribution in [2.75, 3.05) is 0 Å². The van der Waals surface area contributed by atoms with Gasteiger partial charge in [-0.2, -0.15) is 0 Å². The number of rotatable bonds is 13. The molecule has 0 saturated carbocycles. The quantitative estimate of drug-likeness (QED) is 0.322. The van der Waals surface area contributed by atoms with E-state index in [9.17, 15) is 4.79 Å². The van der Waals surface area contributed by atoms with Crippen molar-refractivity contribution >= 4 is 5.78 Å². The summed E-state index contributed by atoms with van der Waals surface area (Å²) < 4.78 is 0. The van der Waals surface area contributed by atoms with E-state index in [4.69, 9.17) is 0 Å². The molecule has 0 radical (unpaired) electrons. The molecule has 0 spiro atoms. The second-order valence-corrected chi connectivity index (χ2v) is 7.14. The fraction of sp³-hybridized carbons (Fsp3) is 0.542. The summed E-state index contributed by atoms with van der Waals surface area (Å²) in [6.07, 6.45) is 26.7. The summed E-state index contributed by atoms with van der Waals surface area (Å²) in [5, 5.41) is 0. The van der Waals surface area contributed by atoms with Crippen LogP contribution in [0.3, 0.4) is 0 Å². The van der Waals surface area contributed by atoms with Gasteiger partial charge in [0.2, 0.25) is 0 Å². The molecule has 0 fully saturated rings. The van der Waals surface area contributed by atoms with Gasteiger partial charge in [0.15, 0.2) is 0 Å². The normalized spacial score (nSPS) is 16.7. The van der Waals surface area contributed by atoms with Gasteiger partial charge < -0.3 is 4.79 Å². The molecule has 25 heavy (non-hydrogen) atoms. The van der Waals surface area contributed by atoms with Gasteiger partial charge in [-0.1, -0.05) is 94.9 Å². The molecule has 3 unspecified atom stereocenters. The van der Waals surface area contributed by atoms with E-state index < -0.39 is 0 Å². The summed E-state index contributed by atoms with van der Waals surface area (Å²) in [5.41, 5.74) is 0. The van der Waals surface area contributed by atoms with Crippen LogP contribution in [0.15, 0.2) is 60.8 Å². The van der Waals surface area contributed by atoms with Crippen LogP contribution in [0.25, 0.3) is 0 Å². The van der Waals surface area contributed by atoms with Crippen molar-refractivity contribution < 1.29 is 4.79 Å². The highest BCUT2D eigenvalue weighted by molar-refractivity contribution is 5.75. The predicted molar refractivity (Wildman–Crippen MR) is 113 cm³/mol. The Hall–Kier alpha value is -1.63. The van der Waals surface area contributed by atoms with Crippen molar-refractivity contribution in [3.8, 4) is 0 Å². The summed E-state index contributed by atoms with van der Waals surface area (Å²) in [7, 11) is 0. The van der Waals surface area contributed by atoms with E-state index in [0.717, 1.165) is 19.3 Å². The average Bonchev–Trinajstić information content (AvgIpc) is 2.57. The summed E-state index contributed by atoms with van der Waals surface area (Å²) in [6.45, 7) is 10.5. The molecule has 0 amide bonds. The highest BCUT2D eigenvalue weighted by Gasteiger charge is 1.98. The minimum atomic E-state index is 0.289. The molecule has 0 bridgehead atoms. The van der Waals surface area contributed by atoms with E-state index in [1.807, 2.05) is 0 Å². The number of Topliss-reactive ketones (excluding diaryl/α,β-unsaturated/α-hetero) is 1. The summed E-state index contributed by atoms with van der Waals surface area (Å²) in [5.74, 6) is 2.03. The fourth-order valence-corrected chi connectivity index (χ4v) is 2.25. The highest BCUT2D eigenvalue weighted by atomic mass is 16.1. The van der Waals surface area contributed by atoms with Crippen LogP contribution in [0.1, 0.15) is 66.7 Å². The lowest BCUT2D eigenvalue weighted by Gasteiger charge is -2.03. The smallest absolute Gasteiger partial charge is 0.129 e. The Morgan fingerprint density at radius 2 is 1.36 bits per heavy atom. The molecule has 0 saturated heterocycles. The maximum atomic E-state index is 10.9. The fourth-order valence-electron chi connectivity index (χ4n) is 2.25. The topological polar surface area (TPSA) is 17.1 Å². The minimum Gasteiger partial charge on any atom is -0.300 e. The van der Waals surface area contributed by atoms with Crippen LogP contribution in [-0.2, 0) is 4.79 Å². The van der Waals surface area contributed by atoms with E-state index in [1.54, 1.807) is 6.92 Å². The Morgan fingerprint density at radius 1 is 0.800 bits per heavy atom. The average molecular weight is 343 g/mol. The second kappa shape index (κ2) is 15.9. The van der Waals surface area contributed by atoms with Gasteiger partial charge in [0.25, 0.3) is 0 Å². The Morgan fingerprint density at radius 3 is 1.96 bits per heavy atom. The molecule has 0 aromatic carbocycles. The molecule has 0 aliphatic carbocycles. The van der Waals surface area contributed by atoms with Gasteiger partial charge in [-0.05, 0) is 43.9 Å². The maximum absolute atomic E-state index is 10.9. The first-order chi connectivity index (χ1) is 12.0. The Kier molecular flexibility index (Phi) is 14.8. The van der Waals surface area contributed by atoms with Gasteiger partial charge in [-0.15, -0.1) is 0 Å². The zero-order valence-electron chi connectivity index (χ0n) is 16.9. The van der Waals surface area contributed by atoms with Crippen LogP contribution in [0, 0.1) is 17.8 Å². The van der Waals surface area contributed by atoms with E-state index in [0.29, 0.717) is 24.2 Å². The Balaban J connectivity index is 3.95. The molecule has 0 heterocycles. The lowest BCUT2D eigenvalue weighted by Crippen LogP contribution is -1.94. The molecule has 0 N–H and O–H groups in total. The van der Waals surface area contributed by atoms with Crippen LogP contribution in [0.5, 0.6) is 0 Å². The predicted octanol–water partition coefficient (Wildman–Crippen LogP) is 7.24. The van der Waals surface area contributed by atoms with Gasteiger partial charge in [0.1, 0.15) is 5.78 Å². The van der Waals surface area contributed by atoms with E-state index in [-0.39, 0.29) is 5.78 Å². The number of allylic oxidation sites excluding steroid dienone is 10. The van der Waals surface area contributed by atoms with Crippen molar-refractivity contribution in [1.29, 1.82) is 0 Å². The highest BCUT2D eigenvalue weighted by Crippen LogP contribution is 2.10. The molecule has 1 nitrogen and oxygen atoms in total. The first-order valence-electron chi connectivity index (χ1n) is 9.80.